The lowest BCUT2D eigenvalue weighted by molar-refractivity contribution is 0.0589. The lowest BCUT2D eigenvalue weighted by atomic mass is 9.89. The summed E-state index contributed by atoms with van der Waals surface area (Å²) in [5.74, 6) is -0.296. The summed E-state index contributed by atoms with van der Waals surface area (Å²) in [4.78, 5) is 23.5. The molecule has 0 fully saturated rings. The normalized spacial score (nSPS) is 17.4. The number of rotatable bonds is 1. The van der Waals surface area contributed by atoms with Crippen molar-refractivity contribution in [1.29, 1.82) is 0 Å². The SMILES string of the molecule is COC(=O)c1cc2c(n1C)CC(C)(C)C2=O. The number of methoxy groups -OCH3 is 1. The molecule has 16 heavy (non-hydrogen) atoms. The molecule has 0 N–H and O–H groups in total. The number of ether oxygens (including phenoxy) is 1. The Morgan fingerprint density at radius 1 is 1.50 bits per heavy atom. The molecule has 0 unspecified atom stereocenters. The predicted molar refractivity (Wildman–Crippen MR) is 58.6 cm³/mol. The first-order chi connectivity index (χ1) is 7.38. The third-order valence-electron chi connectivity index (χ3n) is 3.22. The fraction of sp³-hybridized carbons (Fsp3) is 0.500. The largest absolute Gasteiger partial charge is 0.464 e. The third kappa shape index (κ3) is 1.29. The Bertz CT molecular complexity index is 483. The molecule has 2 rings (SSSR count). The summed E-state index contributed by atoms with van der Waals surface area (Å²) in [6.45, 7) is 3.85. The molecule has 0 amide bonds. The van der Waals surface area contributed by atoms with Gasteiger partial charge in [-0.15, -0.1) is 0 Å². The van der Waals surface area contributed by atoms with E-state index < -0.39 is 5.97 Å². The van der Waals surface area contributed by atoms with Crippen molar-refractivity contribution >= 4 is 11.8 Å². The molecule has 1 aliphatic carbocycles. The number of Topliss-reactive ketones (excluding diaryl/α,β-unsaturated/α-hetero) is 1. The number of fused-ring (bicyclic) bond motifs is 1. The average Bonchev–Trinajstić information content (AvgIpc) is 2.65. The van der Waals surface area contributed by atoms with Gasteiger partial charge in [-0.25, -0.2) is 4.79 Å². The van der Waals surface area contributed by atoms with E-state index in [2.05, 4.69) is 4.74 Å². The first-order valence-corrected chi connectivity index (χ1v) is 5.20. The lowest BCUT2D eigenvalue weighted by Gasteiger charge is -2.15. The second-order valence-corrected chi connectivity index (χ2v) is 4.83. The van der Waals surface area contributed by atoms with Gasteiger partial charge in [-0.05, 0) is 6.07 Å². The van der Waals surface area contributed by atoms with Crippen LogP contribution in [0.25, 0.3) is 0 Å². The molecule has 0 aliphatic heterocycles. The Kier molecular flexibility index (Phi) is 2.19. The van der Waals surface area contributed by atoms with E-state index in [0.29, 0.717) is 17.7 Å². The van der Waals surface area contributed by atoms with Crippen LogP contribution >= 0.6 is 0 Å². The second-order valence-electron chi connectivity index (χ2n) is 4.83. The molecule has 0 radical (unpaired) electrons. The summed E-state index contributed by atoms with van der Waals surface area (Å²) in [5.41, 5.74) is 1.68. The van der Waals surface area contributed by atoms with Crippen LogP contribution in [0.2, 0.25) is 0 Å². The molecule has 0 saturated carbocycles. The summed E-state index contributed by atoms with van der Waals surface area (Å²) >= 11 is 0. The molecule has 0 atom stereocenters. The highest BCUT2D eigenvalue weighted by Crippen LogP contribution is 2.37. The molecule has 1 aromatic rings. The van der Waals surface area contributed by atoms with Gasteiger partial charge in [-0.3, -0.25) is 4.79 Å². The molecule has 0 spiro atoms. The number of ketones is 1. The molecule has 1 heterocycles. The van der Waals surface area contributed by atoms with Crippen LogP contribution in [-0.2, 0) is 18.2 Å². The molecule has 0 bridgehead atoms. The first-order valence-electron chi connectivity index (χ1n) is 5.20. The van der Waals surface area contributed by atoms with E-state index in [1.807, 2.05) is 13.8 Å². The second kappa shape index (κ2) is 3.20. The minimum atomic E-state index is -0.400. The molecular formula is C12H15NO3. The van der Waals surface area contributed by atoms with Gasteiger partial charge in [0.05, 0.1) is 7.11 Å². The average molecular weight is 221 g/mol. The minimum Gasteiger partial charge on any atom is -0.464 e. The Morgan fingerprint density at radius 2 is 2.12 bits per heavy atom. The standard InChI is InChI=1S/C12H15NO3/c1-12(2)6-9-7(10(12)14)5-8(13(9)3)11(15)16-4/h5H,6H2,1-4H3. The highest BCUT2D eigenvalue weighted by atomic mass is 16.5. The van der Waals surface area contributed by atoms with Gasteiger partial charge in [-0.1, -0.05) is 13.8 Å². The maximum Gasteiger partial charge on any atom is 0.354 e. The van der Waals surface area contributed by atoms with Gasteiger partial charge < -0.3 is 9.30 Å². The number of hydrogen-bond donors (Lipinski definition) is 0. The van der Waals surface area contributed by atoms with Crippen molar-refractivity contribution in [3.63, 3.8) is 0 Å². The van der Waals surface area contributed by atoms with Crippen molar-refractivity contribution in [2.45, 2.75) is 20.3 Å². The zero-order valence-electron chi connectivity index (χ0n) is 9.96. The van der Waals surface area contributed by atoms with Gasteiger partial charge in [0.1, 0.15) is 5.69 Å². The number of aromatic nitrogens is 1. The fourth-order valence-electron chi connectivity index (χ4n) is 2.22. The van der Waals surface area contributed by atoms with Gasteiger partial charge >= 0.3 is 5.97 Å². The Morgan fingerprint density at radius 3 is 2.62 bits per heavy atom. The van der Waals surface area contributed by atoms with Crippen molar-refractivity contribution in [3.8, 4) is 0 Å². The highest BCUT2D eigenvalue weighted by molar-refractivity contribution is 6.06. The van der Waals surface area contributed by atoms with Crippen LogP contribution in [-0.4, -0.2) is 23.4 Å². The maximum absolute atomic E-state index is 12.0. The maximum atomic E-state index is 12.0. The van der Waals surface area contributed by atoms with E-state index in [1.54, 1.807) is 17.7 Å². The van der Waals surface area contributed by atoms with Crippen LogP contribution < -0.4 is 0 Å². The zero-order chi connectivity index (χ0) is 12.1. The smallest absolute Gasteiger partial charge is 0.354 e. The van der Waals surface area contributed by atoms with Crippen molar-refractivity contribution in [1.82, 2.24) is 4.57 Å². The molecular weight excluding hydrogens is 206 g/mol. The van der Waals surface area contributed by atoms with Gasteiger partial charge in [0, 0.05) is 30.1 Å². The quantitative estimate of drug-likeness (QED) is 0.676. The number of nitrogens with zero attached hydrogens (tertiary/aromatic N) is 1. The zero-order valence-corrected chi connectivity index (χ0v) is 9.96. The topological polar surface area (TPSA) is 48.3 Å². The first kappa shape index (κ1) is 10.9. The number of esters is 1. The van der Waals surface area contributed by atoms with Crippen LogP contribution in [0.1, 0.15) is 40.4 Å². The number of carbonyl (C=O) groups is 2. The van der Waals surface area contributed by atoms with Gasteiger partial charge in [0.15, 0.2) is 5.78 Å². The summed E-state index contributed by atoms with van der Waals surface area (Å²) in [5, 5.41) is 0. The van der Waals surface area contributed by atoms with Gasteiger partial charge in [0.2, 0.25) is 0 Å². The monoisotopic (exact) mass is 221 g/mol. The van der Waals surface area contributed by atoms with Crippen LogP contribution in [0.15, 0.2) is 6.07 Å². The van der Waals surface area contributed by atoms with E-state index in [4.69, 9.17) is 0 Å². The lowest BCUT2D eigenvalue weighted by Crippen LogP contribution is -2.20. The van der Waals surface area contributed by atoms with Crippen LogP contribution in [0.4, 0.5) is 0 Å². The summed E-state index contributed by atoms with van der Waals surface area (Å²) in [7, 11) is 3.13. The molecule has 4 nitrogen and oxygen atoms in total. The van der Waals surface area contributed by atoms with Crippen LogP contribution in [0.3, 0.4) is 0 Å². The predicted octanol–water partition coefficient (Wildman–Crippen LogP) is 1.58. The van der Waals surface area contributed by atoms with E-state index in [9.17, 15) is 9.59 Å². The third-order valence-corrected chi connectivity index (χ3v) is 3.22. The summed E-state index contributed by atoms with van der Waals surface area (Å²) < 4.78 is 6.43. The van der Waals surface area contributed by atoms with Crippen molar-refractivity contribution in [2.75, 3.05) is 7.11 Å². The molecule has 1 aliphatic rings. The summed E-state index contributed by atoms with van der Waals surface area (Å²) in [6.07, 6.45) is 0.675. The van der Waals surface area contributed by atoms with Crippen molar-refractivity contribution in [2.24, 2.45) is 12.5 Å². The highest BCUT2D eigenvalue weighted by Gasteiger charge is 2.40. The number of hydrogen-bond acceptors (Lipinski definition) is 3. The minimum absolute atomic E-state index is 0.105. The molecule has 1 aromatic heterocycles. The van der Waals surface area contributed by atoms with Gasteiger partial charge in [-0.2, -0.15) is 0 Å². The van der Waals surface area contributed by atoms with Crippen molar-refractivity contribution < 1.29 is 14.3 Å². The van der Waals surface area contributed by atoms with E-state index in [1.165, 1.54) is 7.11 Å². The molecule has 4 heteroatoms. The van der Waals surface area contributed by atoms with E-state index >= 15 is 0 Å². The number of carbonyl (C=O) groups excluding carboxylic acids is 2. The Balaban J connectivity index is 2.52. The van der Waals surface area contributed by atoms with Crippen molar-refractivity contribution in [3.05, 3.63) is 23.0 Å². The summed E-state index contributed by atoms with van der Waals surface area (Å²) in [6, 6.07) is 1.64. The van der Waals surface area contributed by atoms with Crippen LogP contribution in [0.5, 0.6) is 0 Å². The Hall–Kier alpha value is -1.58. The molecule has 0 aromatic carbocycles. The van der Waals surface area contributed by atoms with E-state index in [-0.39, 0.29) is 11.2 Å². The van der Waals surface area contributed by atoms with Crippen LogP contribution in [0, 0.1) is 5.41 Å². The van der Waals surface area contributed by atoms with Gasteiger partial charge in [0.25, 0.3) is 0 Å². The molecule has 86 valence electrons. The molecule has 0 saturated heterocycles. The Labute approximate surface area is 94.2 Å². The van der Waals surface area contributed by atoms with E-state index in [0.717, 1.165) is 5.69 Å². The fourth-order valence-corrected chi connectivity index (χ4v) is 2.22.